The fourth-order valence-electron chi connectivity index (χ4n) is 3.48. The highest BCUT2D eigenvalue weighted by molar-refractivity contribution is 4.63. The Labute approximate surface area is 127 Å². The van der Waals surface area contributed by atoms with Crippen molar-refractivity contribution >= 4 is 0 Å². The van der Waals surface area contributed by atoms with Crippen LogP contribution in [0, 0.1) is 5.92 Å². The van der Waals surface area contributed by atoms with Gasteiger partial charge in [-0.25, -0.2) is 0 Å². The predicted molar refractivity (Wildman–Crippen MR) is 89.8 cm³/mol. The Kier molecular flexibility index (Phi) is 12.5. The Bertz CT molecular complexity index is 178. The molecule has 0 spiro atoms. The number of rotatable bonds is 4. The highest BCUT2D eigenvalue weighted by Crippen LogP contribution is 2.22. The third kappa shape index (κ3) is 10.7. The first kappa shape index (κ1) is 18.0. The van der Waals surface area contributed by atoms with Crippen LogP contribution >= 0.6 is 0 Å². The average molecular weight is 283 g/mol. The van der Waals surface area contributed by atoms with Crippen molar-refractivity contribution in [3.05, 3.63) is 0 Å². The fraction of sp³-hybridized carbons (Fsp3) is 1.00. The lowest BCUT2D eigenvalue weighted by Crippen LogP contribution is -2.24. The van der Waals surface area contributed by atoms with Gasteiger partial charge in [-0.1, -0.05) is 89.9 Å². The Balaban J connectivity index is 2.21. The summed E-state index contributed by atoms with van der Waals surface area (Å²) in [5, 5.41) is 3.29. The number of hydrogen-bond acceptors (Lipinski definition) is 2. The molecule has 0 aliphatic heterocycles. The summed E-state index contributed by atoms with van der Waals surface area (Å²) < 4.78 is 0. The van der Waals surface area contributed by atoms with Gasteiger partial charge in [0, 0.05) is 6.67 Å². The molecule has 0 aromatic heterocycles. The van der Waals surface area contributed by atoms with Crippen molar-refractivity contribution in [1.82, 2.24) is 5.32 Å². The van der Waals surface area contributed by atoms with Crippen LogP contribution in [0.25, 0.3) is 0 Å². The van der Waals surface area contributed by atoms with Crippen molar-refractivity contribution in [3.8, 4) is 0 Å². The molecule has 1 aliphatic rings. The van der Waals surface area contributed by atoms with Crippen LogP contribution in [0.1, 0.15) is 96.3 Å². The van der Waals surface area contributed by atoms with Gasteiger partial charge < -0.3 is 11.1 Å². The summed E-state index contributed by atoms with van der Waals surface area (Å²) in [6.07, 6.45) is 21.8. The minimum absolute atomic E-state index is 0.632. The van der Waals surface area contributed by atoms with E-state index in [4.69, 9.17) is 5.73 Å². The molecule has 0 bridgehead atoms. The molecule has 3 N–H and O–H groups in total. The molecule has 0 atom stereocenters. The Morgan fingerprint density at radius 2 is 1.05 bits per heavy atom. The molecule has 0 saturated heterocycles. The molecule has 0 aromatic rings. The van der Waals surface area contributed by atoms with Crippen LogP contribution in [0.3, 0.4) is 0 Å². The van der Waals surface area contributed by atoms with E-state index in [9.17, 15) is 0 Å². The first-order valence-corrected chi connectivity index (χ1v) is 9.34. The maximum absolute atomic E-state index is 5.52. The zero-order chi connectivity index (χ0) is 14.3. The van der Waals surface area contributed by atoms with Crippen molar-refractivity contribution in [1.29, 1.82) is 0 Å². The van der Waals surface area contributed by atoms with Gasteiger partial charge in [0.2, 0.25) is 0 Å². The van der Waals surface area contributed by atoms with Crippen molar-refractivity contribution in [2.75, 3.05) is 13.2 Å². The van der Waals surface area contributed by atoms with Crippen LogP contribution in [0.4, 0.5) is 0 Å². The highest BCUT2D eigenvalue weighted by Gasteiger charge is 2.08. The van der Waals surface area contributed by atoms with Crippen LogP contribution in [0.15, 0.2) is 0 Å². The van der Waals surface area contributed by atoms with Crippen LogP contribution in [0.5, 0.6) is 0 Å². The number of nitrogens with one attached hydrogen (secondary N) is 1. The lowest BCUT2D eigenvalue weighted by atomic mass is 9.91. The van der Waals surface area contributed by atoms with Gasteiger partial charge in [-0.05, 0) is 18.9 Å². The summed E-state index contributed by atoms with van der Waals surface area (Å²) in [7, 11) is 0. The molecular formula is C18H38N2. The maximum atomic E-state index is 5.52. The van der Waals surface area contributed by atoms with Gasteiger partial charge in [-0.15, -0.1) is 0 Å². The van der Waals surface area contributed by atoms with E-state index in [0.29, 0.717) is 6.67 Å². The monoisotopic (exact) mass is 282 g/mol. The van der Waals surface area contributed by atoms with E-state index in [1.54, 1.807) is 0 Å². The standard InChI is InChI=1S/C18H38N2/c19-17-20-16-15-18-13-11-9-7-5-3-1-2-4-6-8-10-12-14-18/h18,20H,1-17,19H2. The molecule has 2 nitrogen and oxygen atoms in total. The van der Waals surface area contributed by atoms with E-state index in [1.165, 1.54) is 96.3 Å². The van der Waals surface area contributed by atoms with E-state index >= 15 is 0 Å². The Morgan fingerprint density at radius 3 is 1.45 bits per heavy atom. The molecule has 0 amide bonds. The Morgan fingerprint density at radius 1 is 0.650 bits per heavy atom. The van der Waals surface area contributed by atoms with Gasteiger partial charge in [-0.3, -0.25) is 0 Å². The van der Waals surface area contributed by atoms with E-state index in [2.05, 4.69) is 5.32 Å². The van der Waals surface area contributed by atoms with Gasteiger partial charge in [0.25, 0.3) is 0 Å². The van der Waals surface area contributed by atoms with Gasteiger partial charge in [0.1, 0.15) is 0 Å². The molecule has 0 radical (unpaired) electrons. The first-order chi connectivity index (χ1) is 9.93. The quantitative estimate of drug-likeness (QED) is 0.564. The first-order valence-electron chi connectivity index (χ1n) is 9.34. The minimum Gasteiger partial charge on any atom is -0.318 e. The minimum atomic E-state index is 0.632. The normalized spacial score (nSPS) is 22.1. The Hall–Kier alpha value is -0.0800. The largest absolute Gasteiger partial charge is 0.318 e. The van der Waals surface area contributed by atoms with Crippen LogP contribution in [0.2, 0.25) is 0 Å². The maximum Gasteiger partial charge on any atom is 0.0428 e. The second-order valence-electron chi connectivity index (χ2n) is 6.68. The zero-order valence-corrected chi connectivity index (χ0v) is 13.7. The average Bonchev–Trinajstić information content (AvgIpc) is 2.47. The van der Waals surface area contributed by atoms with Crippen molar-refractivity contribution in [3.63, 3.8) is 0 Å². The third-order valence-electron chi connectivity index (χ3n) is 4.85. The van der Waals surface area contributed by atoms with Crippen LogP contribution in [-0.2, 0) is 0 Å². The molecule has 120 valence electrons. The van der Waals surface area contributed by atoms with Crippen LogP contribution in [-0.4, -0.2) is 13.2 Å². The molecule has 1 saturated carbocycles. The molecule has 1 rings (SSSR count). The lowest BCUT2D eigenvalue weighted by molar-refractivity contribution is 0.375. The third-order valence-corrected chi connectivity index (χ3v) is 4.85. The SMILES string of the molecule is NCNCCC1CCCCCCCCCCCCCC1. The summed E-state index contributed by atoms with van der Waals surface area (Å²) >= 11 is 0. The molecule has 2 heteroatoms. The molecule has 20 heavy (non-hydrogen) atoms. The summed E-state index contributed by atoms with van der Waals surface area (Å²) in [4.78, 5) is 0. The molecule has 0 heterocycles. The number of hydrogen-bond donors (Lipinski definition) is 2. The molecule has 0 unspecified atom stereocenters. The van der Waals surface area contributed by atoms with E-state index in [0.717, 1.165) is 12.5 Å². The number of nitrogens with two attached hydrogens (primary N) is 1. The van der Waals surface area contributed by atoms with Gasteiger partial charge >= 0.3 is 0 Å². The molecule has 1 aliphatic carbocycles. The summed E-state index contributed by atoms with van der Waals surface area (Å²) in [6.45, 7) is 1.74. The second kappa shape index (κ2) is 13.9. The molecule has 1 fully saturated rings. The summed E-state index contributed by atoms with van der Waals surface area (Å²) in [5.74, 6) is 0.944. The molecule has 0 aromatic carbocycles. The lowest BCUT2D eigenvalue weighted by Gasteiger charge is -2.17. The van der Waals surface area contributed by atoms with Gasteiger partial charge in [0.05, 0.1) is 0 Å². The van der Waals surface area contributed by atoms with E-state index < -0.39 is 0 Å². The van der Waals surface area contributed by atoms with Crippen LogP contribution < -0.4 is 11.1 Å². The summed E-state index contributed by atoms with van der Waals surface area (Å²) in [5.41, 5.74) is 5.52. The highest BCUT2D eigenvalue weighted by atomic mass is 14.9. The topological polar surface area (TPSA) is 38.0 Å². The summed E-state index contributed by atoms with van der Waals surface area (Å²) in [6, 6.07) is 0. The van der Waals surface area contributed by atoms with Gasteiger partial charge in [0.15, 0.2) is 0 Å². The fourth-order valence-corrected chi connectivity index (χ4v) is 3.48. The second-order valence-corrected chi connectivity index (χ2v) is 6.68. The predicted octanol–water partition coefficient (Wildman–Crippen LogP) is 4.97. The van der Waals surface area contributed by atoms with E-state index in [1.807, 2.05) is 0 Å². The van der Waals surface area contributed by atoms with E-state index in [-0.39, 0.29) is 0 Å². The smallest absolute Gasteiger partial charge is 0.0428 e. The van der Waals surface area contributed by atoms with Gasteiger partial charge in [-0.2, -0.15) is 0 Å². The van der Waals surface area contributed by atoms with Crippen molar-refractivity contribution in [2.24, 2.45) is 11.7 Å². The molecular weight excluding hydrogens is 244 g/mol. The van der Waals surface area contributed by atoms with Crippen molar-refractivity contribution in [2.45, 2.75) is 96.3 Å². The zero-order valence-electron chi connectivity index (χ0n) is 13.7. The van der Waals surface area contributed by atoms with Crippen molar-refractivity contribution < 1.29 is 0 Å².